The van der Waals surface area contributed by atoms with Crippen LogP contribution >= 0.6 is 0 Å². The van der Waals surface area contributed by atoms with Crippen LogP contribution in [0.2, 0.25) is 0 Å². The fraction of sp³-hybridized carbons (Fsp3) is 0.382. The van der Waals surface area contributed by atoms with E-state index in [1.807, 2.05) is 133 Å². The van der Waals surface area contributed by atoms with Gasteiger partial charge in [-0.1, -0.05) is 263 Å². The second-order valence-corrected chi connectivity index (χ2v) is 35.5. The Bertz CT molecular complexity index is 5350. The number of benzene rings is 13. The second-order valence-electron chi connectivity index (χ2n) is 35.5. The van der Waals surface area contributed by atoms with Gasteiger partial charge >= 0.3 is 0 Å². The Labute approximate surface area is 871 Å². The second kappa shape index (κ2) is 76.6. The molecule has 2 fully saturated rings. The molecule has 796 valence electrons. The highest BCUT2D eigenvalue weighted by Crippen LogP contribution is 2.31. The van der Waals surface area contributed by atoms with E-state index in [0.717, 1.165) is 91.1 Å². The summed E-state index contributed by atoms with van der Waals surface area (Å²) < 4.78 is 68.6. The summed E-state index contributed by atoms with van der Waals surface area (Å²) in [6.07, 6.45) is 14.0. The molecule has 147 heavy (non-hydrogen) atoms. The number of aliphatic hydroxyl groups is 11. The van der Waals surface area contributed by atoms with Crippen molar-refractivity contribution in [3.8, 4) is 22.3 Å². The van der Waals surface area contributed by atoms with Crippen LogP contribution in [0.5, 0.6) is 0 Å². The predicted molar refractivity (Wildman–Crippen MR) is 579 cm³/mol. The quantitative estimate of drug-likeness (QED) is 0.0170. The van der Waals surface area contributed by atoms with Gasteiger partial charge in [-0.25, -0.2) is 0 Å². The molecule has 0 unspecified atom stereocenters. The van der Waals surface area contributed by atoms with Gasteiger partial charge in [-0.3, -0.25) is 0 Å². The molecule has 0 heterocycles. The summed E-state index contributed by atoms with van der Waals surface area (Å²) in [7, 11) is 18.7. The molecule has 2 aliphatic carbocycles. The molecular weight excluding hydrogens is 1860 g/mol. The van der Waals surface area contributed by atoms with Crippen LogP contribution in [0.25, 0.3) is 33.0 Å². The minimum atomic E-state index is -0.104. The Balaban J connectivity index is 0.000000254. The van der Waals surface area contributed by atoms with Crippen LogP contribution in [-0.4, -0.2) is 147 Å². The van der Waals surface area contributed by atoms with Gasteiger partial charge in [0.1, 0.15) is 0 Å². The van der Waals surface area contributed by atoms with Crippen LogP contribution in [0, 0.1) is 0 Å². The van der Waals surface area contributed by atoms with Crippen LogP contribution in [-0.2, 0) is 220 Å². The van der Waals surface area contributed by atoms with E-state index in [1.54, 1.807) is 115 Å². The first-order chi connectivity index (χ1) is 71.8. The van der Waals surface area contributed by atoms with Crippen LogP contribution in [0.4, 0.5) is 0 Å². The van der Waals surface area contributed by atoms with Gasteiger partial charge in [0.15, 0.2) is 0 Å². The van der Waals surface area contributed by atoms with Crippen LogP contribution < -0.4 is 0 Å². The Hall–Kier alpha value is -10.8. The zero-order chi connectivity index (χ0) is 106. The van der Waals surface area contributed by atoms with E-state index < -0.39 is 0 Å². The minimum Gasteiger partial charge on any atom is -0.392 e. The first-order valence-electron chi connectivity index (χ1n) is 49.7. The summed E-state index contributed by atoms with van der Waals surface area (Å²) in [5.74, 6) is 0. The van der Waals surface area contributed by atoms with Gasteiger partial charge in [-0.2, -0.15) is 0 Å². The van der Waals surface area contributed by atoms with E-state index in [-0.39, 0.29) is 72.7 Å². The van der Waals surface area contributed by atoms with E-state index >= 15 is 0 Å². The van der Waals surface area contributed by atoms with Crippen molar-refractivity contribution in [2.45, 2.75) is 235 Å². The lowest BCUT2D eigenvalue weighted by molar-refractivity contribution is 0.0144. The number of hydrogen-bond donors (Lipinski definition) is 11. The monoisotopic (exact) mass is 2020 g/mol. The van der Waals surface area contributed by atoms with E-state index in [2.05, 4.69) is 109 Å². The fourth-order valence-corrected chi connectivity index (χ4v) is 16.6. The zero-order valence-electron chi connectivity index (χ0n) is 88.0. The zero-order valence-corrected chi connectivity index (χ0v) is 88.0. The van der Waals surface area contributed by atoms with E-state index in [4.69, 9.17) is 92.2 Å². The van der Waals surface area contributed by atoms with Gasteiger partial charge < -0.3 is 118 Å². The lowest BCUT2D eigenvalue weighted by Crippen LogP contribution is -2.17. The van der Waals surface area contributed by atoms with Crippen molar-refractivity contribution < 1.29 is 118 Å². The Kier molecular flexibility index (Phi) is 65.1. The molecule has 0 saturated heterocycles. The number of aliphatic hydroxyl groups excluding tert-OH is 11. The van der Waals surface area contributed by atoms with Crippen LogP contribution in [0.1, 0.15) is 198 Å². The van der Waals surface area contributed by atoms with Crippen molar-refractivity contribution in [1.29, 1.82) is 0 Å². The molecule has 0 spiro atoms. The van der Waals surface area contributed by atoms with E-state index in [9.17, 15) is 25.5 Å². The molecule has 0 aliphatic heterocycles. The summed E-state index contributed by atoms with van der Waals surface area (Å²) in [6.45, 7) is 7.89. The SMILES string of the molecule is COCc1cc(CO)cc(-c2cc(COC)cc(COC)c2)c1.COCc1cc(COC)c2ccccc2c1.COCc1cc(COC)cc(COC)c1.COCc1cccc(COC)c1.COCc1ccccc1.OCc1cc(CO)cc(-c2cc(CO)cc(CO)c2)c1.OCc1cc(CO)cc(CO)c1.OCc1cccc(CO)c1.OCc1ccccc1.c1cc(COC2CCCCC2)cc(COC2CCCCC2)c1. The third-order valence-corrected chi connectivity index (χ3v) is 23.3. The number of ether oxygens (including phenoxy) is 13. The molecule has 0 atom stereocenters. The summed E-state index contributed by atoms with van der Waals surface area (Å²) in [4.78, 5) is 0. The van der Waals surface area contributed by atoms with Crippen LogP contribution in [0.3, 0.4) is 0 Å². The van der Waals surface area contributed by atoms with Crippen molar-refractivity contribution in [2.75, 3.05) is 78.2 Å². The molecule has 0 aromatic heterocycles. The molecule has 24 nitrogen and oxygen atoms in total. The molecular formula is C123H160O24. The lowest BCUT2D eigenvalue weighted by Gasteiger charge is -2.23. The summed E-state index contributed by atoms with van der Waals surface area (Å²) in [5.41, 5.74) is 27.6. The maximum absolute atomic E-state index is 9.50. The van der Waals surface area contributed by atoms with Gasteiger partial charge in [0.25, 0.3) is 0 Å². The fourth-order valence-electron chi connectivity index (χ4n) is 16.6. The highest BCUT2D eigenvalue weighted by atomic mass is 16.5. The largest absolute Gasteiger partial charge is 0.392 e. The van der Waals surface area contributed by atoms with Gasteiger partial charge in [0, 0.05) is 78.2 Å². The van der Waals surface area contributed by atoms with Crippen molar-refractivity contribution in [2.24, 2.45) is 0 Å². The maximum Gasteiger partial charge on any atom is 0.0720 e. The third-order valence-electron chi connectivity index (χ3n) is 23.3. The summed E-state index contributed by atoms with van der Waals surface area (Å²) >= 11 is 0. The van der Waals surface area contributed by atoms with Crippen molar-refractivity contribution in [3.05, 3.63) is 413 Å². The topological polar surface area (TPSA) is 343 Å². The standard InChI is InChI=1S/C20H30O2.C19H24O4.C16H18O4.C14H16O2.C12H18O3.C10H14O2.C9H12O3.C8H10O2.C8H10O.C7H8O/c1-3-10-19(11-4-1)21-15-17-8-7-9-18(14-17)16-22-20-12-5-2-6-13-20;1-21-11-15-4-14(10-20)6-18(7-15)19-8-16(12-22-2)5-17(9-19)13-23-3;17-7-11-1-12(8-18)4-15(3-11)16-5-13(9-19)2-14(6-16)10-20;1-15-9-11-7-12-5-3-4-6-14(12)13(8-11)10-16-2;1-13-7-10-4-11(8-14-2)6-12(5-10)9-15-3;1-11-7-9-4-3-5-10(6-9)8-12-2;10-4-7-1-8(5-11)3-9(2-7)6-12;9-5-7-2-1-3-8(4-7)6-10;1-9-7-8-5-3-2-4-6-8;8-6-7-4-2-1-3-5-7/h7-9,14,19-20H,1-6,10-13,15-16H2;4-9,20H,10-13H2,1-3H3;1-6,17-20H,7-10H2;3-8H,9-10H2,1-2H3;4-6H,7-9H2,1-3H3;3-6H,7-8H2,1-2H3;1-3,10-12H,4-6H2;1-4,9-10H,5-6H2;2-6H,7H2,1H3;1-5,8H,6H2. The average Bonchev–Trinajstić information content (AvgIpc) is 0.827. The number of rotatable bonds is 41. The van der Waals surface area contributed by atoms with Crippen molar-refractivity contribution in [3.63, 3.8) is 0 Å². The third kappa shape index (κ3) is 49.9. The smallest absolute Gasteiger partial charge is 0.0720 e. The maximum atomic E-state index is 9.50. The normalized spacial score (nSPS) is 12.0. The summed E-state index contributed by atoms with van der Waals surface area (Å²) in [6, 6.07) is 91.0. The summed E-state index contributed by atoms with van der Waals surface area (Å²) in [5, 5.41) is 101. The van der Waals surface area contributed by atoms with E-state index in [0.29, 0.717) is 124 Å². The number of fused-ring (bicyclic) bond motifs is 1. The first kappa shape index (κ1) is 125. The van der Waals surface area contributed by atoms with Crippen LogP contribution in [0.15, 0.2) is 279 Å². The highest BCUT2D eigenvalue weighted by molar-refractivity contribution is 5.86. The molecule has 15 rings (SSSR count). The van der Waals surface area contributed by atoms with Gasteiger partial charge in [-0.15, -0.1) is 0 Å². The number of methoxy groups -OCH3 is 11. The van der Waals surface area contributed by atoms with E-state index in [1.165, 1.54) is 114 Å². The average molecular weight is 2020 g/mol. The Morgan fingerprint density at radius 3 is 0.667 bits per heavy atom. The molecule has 13 aromatic rings. The van der Waals surface area contributed by atoms with Gasteiger partial charge in [0.2, 0.25) is 0 Å². The molecule has 2 saturated carbocycles. The highest BCUT2D eigenvalue weighted by Gasteiger charge is 2.18. The van der Waals surface area contributed by atoms with Gasteiger partial charge in [-0.05, 0) is 247 Å². The first-order valence-corrected chi connectivity index (χ1v) is 49.7. The molecule has 0 amide bonds. The van der Waals surface area contributed by atoms with Crippen molar-refractivity contribution >= 4 is 10.8 Å². The Morgan fingerprint density at radius 1 is 0.170 bits per heavy atom. The van der Waals surface area contributed by atoms with Crippen molar-refractivity contribution in [1.82, 2.24) is 0 Å². The molecule has 0 bridgehead atoms. The molecule has 11 N–H and O–H groups in total. The molecule has 2 aliphatic rings. The number of hydrogen-bond acceptors (Lipinski definition) is 24. The molecule has 0 radical (unpaired) electrons. The lowest BCUT2D eigenvalue weighted by atomic mass is 9.97. The molecule has 24 heteroatoms. The predicted octanol–water partition coefficient (Wildman–Crippen LogP) is 21.1. The minimum absolute atomic E-state index is 0.00719. The van der Waals surface area contributed by atoms with Gasteiger partial charge in [0.05, 0.1) is 171 Å². The molecule has 13 aromatic carbocycles. The Morgan fingerprint density at radius 2 is 0.374 bits per heavy atom.